The van der Waals surface area contributed by atoms with E-state index < -0.39 is 0 Å². The van der Waals surface area contributed by atoms with E-state index in [9.17, 15) is 4.79 Å². The van der Waals surface area contributed by atoms with Crippen molar-refractivity contribution in [3.63, 3.8) is 0 Å². The highest BCUT2D eigenvalue weighted by Gasteiger charge is 2.21. The zero-order valence-corrected chi connectivity index (χ0v) is 11.8. The van der Waals surface area contributed by atoms with Gasteiger partial charge in [-0.2, -0.15) is 0 Å². The van der Waals surface area contributed by atoms with Gasteiger partial charge in [0.15, 0.2) is 0 Å². The lowest BCUT2D eigenvalue weighted by Gasteiger charge is -2.24. The van der Waals surface area contributed by atoms with Crippen LogP contribution >= 0.6 is 11.3 Å². The van der Waals surface area contributed by atoms with E-state index in [0.717, 1.165) is 18.0 Å². The van der Waals surface area contributed by atoms with Crippen molar-refractivity contribution in [3.8, 4) is 0 Å². The van der Waals surface area contributed by atoms with Gasteiger partial charge in [-0.3, -0.25) is 4.79 Å². The predicted octanol–water partition coefficient (Wildman–Crippen LogP) is 1.84. The van der Waals surface area contributed by atoms with Crippen molar-refractivity contribution in [2.45, 2.75) is 32.2 Å². The van der Waals surface area contributed by atoms with Crippen LogP contribution in [0.1, 0.15) is 31.7 Å². The first kappa shape index (κ1) is 14.1. The molecule has 0 spiro atoms. The van der Waals surface area contributed by atoms with Crippen molar-refractivity contribution in [2.75, 3.05) is 20.6 Å². The van der Waals surface area contributed by atoms with Crippen LogP contribution in [0.3, 0.4) is 0 Å². The Bertz CT molecular complexity index is 347. The van der Waals surface area contributed by atoms with Gasteiger partial charge in [-0.25, -0.2) is 4.98 Å². The van der Waals surface area contributed by atoms with Crippen LogP contribution in [0.15, 0.2) is 11.6 Å². The summed E-state index contributed by atoms with van der Waals surface area (Å²) in [7, 11) is 3.57. The number of aromatic nitrogens is 1. The van der Waals surface area contributed by atoms with Crippen molar-refractivity contribution in [3.05, 3.63) is 16.6 Å². The lowest BCUT2D eigenvalue weighted by atomic mass is 10.1. The molecule has 0 aromatic carbocycles. The molecule has 1 aromatic heterocycles. The van der Waals surface area contributed by atoms with Gasteiger partial charge in [0.25, 0.3) is 0 Å². The second kappa shape index (κ2) is 6.12. The van der Waals surface area contributed by atoms with Crippen LogP contribution in [0.2, 0.25) is 0 Å². The van der Waals surface area contributed by atoms with Gasteiger partial charge < -0.3 is 10.2 Å². The van der Waals surface area contributed by atoms with Crippen LogP contribution in [0.5, 0.6) is 0 Å². The summed E-state index contributed by atoms with van der Waals surface area (Å²) in [5.41, 5.74) is -0.116. The quantitative estimate of drug-likeness (QED) is 0.789. The Morgan fingerprint density at radius 2 is 2.24 bits per heavy atom. The standard InChI is InChI=1S/C12H21N3OS/c1-12(2,11-13-8-9-17-11)14-7-5-6-10(16)15(3)4/h8-9,14H,5-7H2,1-4H3. The van der Waals surface area contributed by atoms with Crippen LogP contribution in [0, 0.1) is 0 Å². The van der Waals surface area contributed by atoms with Gasteiger partial charge in [-0.15, -0.1) is 11.3 Å². The van der Waals surface area contributed by atoms with E-state index >= 15 is 0 Å². The average molecular weight is 255 g/mol. The first-order valence-corrected chi connectivity index (χ1v) is 6.66. The SMILES string of the molecule is CN(C)C(=O)CCCNC(C)(C)c1nccs1. The zero-order chi connectivity index (χ0) is 12.9. The molecule has 1 heterocycles. The molecule has 0 atom stereocenters. The first-order chi connectivity index (χ1) is 7.93. The van der Waals surface area contributed by atoms with E-state index in [1.807, 2.05) is 11.6 Å². The van der Waals surface area contributed by atoms with Gasteiger partial charge in [0.05, 0.1) is 5.54 Å². The Kier molecular flexibility index (Phi) is 5.08. The van der Waals surface area contributed by atoms with Crippen molar-refractivity contribution < 1.29 is 4.79 Å². The van der Waals surface area contributed by atoms with Crippen molar-refractivity contribution in [2.24, 2.45) is 0 Å². The Balaban J connectivity index is 2.29. The molecule has 0 saturated carbocycles. The minimum Gasteiger partial charge on any atom is -0.349 e. The van der Waals surface area contributed by atoms with Crippen LogP contribution in [-0.4, -0.2) is 36.4 Å². The second-order valence-corrected chi connectivity index (χ2v) is 5.68. The van der Waals surface area contributed by atoms with E-state index in [4.69, 9.17) is 0 Å². The molecule has 1 N–H and O–H groups in total. The summed E-state index contributed by atoms with van der Waals surface area (Å²) in [6, 6.07) is 0. The van der Waals surface area contributed by atoms with Gasteiger partial charge >= 0.3 is 0 Å². The molecule has 0 aliphatic carbocycles. The number of amides is 1. The van der Waals surface area contributed by atoms with E-state index in [1.165, 1.54) is 0 Å². The third-order valence-electron chi connectivity index (χ3n) is 2.60. The van der Waals surface area contributed by atoms with Crippen LogP contribution in [0.25, 0.3) is 0 Å². The highest BCUT2D eigenvalue weighted by Crippen LogP contribution is 2.21. The van der Waals surface area contributed by atoms with Gasteiger partial charge in [-0.05, 0) is 26.8 Å². The number of hydrogen-bond acceptors (Lipinski definition) is 4. The molecule has 96 valence electrons. The molecule has 0 aliphatic rings. The van der Waals surface area contributed by atoms with Crippen LogP contribution in [-0.2, 0) is 10.3 Å². The van der Waals surface area contributed by atoms with Gasteiger partial charge in [0, 0.05) is 32.1 Å². The van der Waals surface area contributed by atoms with Crippen LogP contribution in [0.4, 0.5) is 0 Å². The summed E-state index contributed by atoms with van der Waals surface area (Å²) < 4.78 is 0. The summed E-state index contributed by atoms with van der Waals surface area (Å²) in [6.07, 6.45) is 3.26. The number of nitrogens with one attached hydrogen (secondary N) is 1. The smallest absolute Gasteiger partial charge is 0.222 e. The minimum atomic E-state index is -0.116. The molecule has 0 unspecified atom stereocenters. The Morgan fingerprint density at radius 1 is 1.53 bits per heavy atom. The number of carbonyl (C=O) groups is 1. The molecule has 1 rings (SSSR count). The monoisotopic (exact) mass is 255 g/mol. The molecular formula is C12H21N3OS. The lowest BCUT2D eigenvalue weighted by Crippen LogP contribution is -2.37. The van der Waals surface area contributed by atoms with Gasteiger partial charge in [0.2, 0.25) is 5.91 Å². The summed E-state index contributed by atoms with van der Waals surface area (Å²) in [4.78, 5) is 17.3. The van der Waals surface area contributed by atoms with Crippen molar-refractivity contribution in [1.29, 1.82) is 0 Å². The van der Waals surface area contributed by atoms with Crippen molar-refractivity contribution in [1.82, 2.24) is 15.2 Å². The lowest BCUT2D eigenvalue weighted by molar-refractivity contribution is -0.128. The fraction of sp³-hybridized carbons (Fsp3) is 0.667. The maximum atomic E-state index is 11.4. The third kappa shape index (κ3) is 4.44. The largest absolute Gasteiger partial charge is 0.349 e. The third-order valence-corrected chi connectivity index (χ3v) is 3.70. The maximum Gasteiger partial charge on any atom is 0.222 e. The number of rotatable bonds is 6. The maximum absolute atomic E-state index is 11.4. The Labute approximate surface area is 107 Å². The highest BCUT2D eigenvalue weighted by molar-refractivity contribution is 7.09. The molecule has 0 fully saturated rings. The molecule has 0 saturated heterocycles. The molecule has 1 aromatic rings. The van der Waals surface area contributed by atoms with E-state index in [0.29, 0.717) is 6.42 Å². The van der Waals surface area contributed by atoms with Crippen molar-refractivity contribution >= 4 is 17.2 Å². The van der Waals surface area contributed by atoms with E-state index in [-0.39, 0.29) is 11.4 Å². The number of hydrogen-bond donors (Lipinski definition) is 1. The Hall–Kier alpha value is -0.940. The number of thiazole rings is 1. The molecule has 5 heteroatoms. The Morgan fingerprint density at radius 3 is 2.76 bits per heavy atom. The molecule has 0 bridgehead atoms. The normalized spacial score (nSPS) is 11.5. The van der Waals surface area contributed by atoms with E-state index in [1.54, 1.807) is 30.3 Å². The van der Waals surface area contributed by atoms with Gasteiger partial charge in [-0.1, -0.05) is 0 Å². The van der Waals surface area contributed by atoms with E-state index in [2.05, 4.69) is 24.1 Å². The minimum absolute atomic E-state index is 0.116. The number of carbonyl (C=O) groups excluding carboxylic acids is 1. The topological polar surface area (TPSA) is 45.2 Å². The zero-order valence-electron chi connectivity index (χ0n) is 11.0. The summed E-state index contributed by atoms with van der Waals surface area (Å²) >= 11 is 1.65. The first-order valence-electron chi connectivity index (χ1n) is 5.78. The molecule has 4 nitrogen and oxygen atoms in total. The molecule has 0 radical (unpaired) electrons. The fourth-order valence-corrected chi connectivity index (χ4v) is 2.21. The highest BCUT2D eigenvalue weighted by atomic mass is 32.1. The predicted molar refractivity (Wildman–Crippen MR) is 71.1 cm³/mol. The average Bonchev–Trinajstić information content (AvgIpc) is 2.77. The molecule has 1 amide bonds. The molecular weight excluding hydrogens is 234 g/mol. The summed E-state index contributed by atoms with van der Waals surface area (Å²) in [6.45, 7) is 5.05. The molecule has 17 heavy (non-hydrogen) atoms. The summed E-state index contributed by atoms with van der Waals surface area (Å²) in [5.74, 6) is 0.179. The molecule has 0 aliphatic heterocycles. The second-order valence-electron chi connectivity index (χ2n) is 4.78. The number of nitrogens with zero attached hydrogens (tertiary/aromatic N) is 2. The van der Waals surface area contributed by atoms with Crippen LogP contribution < -0.4 is 5.32 Å². The summed E-state index contributed by atoms with van der Waals surface area (Å²) in [5, 5.41) is 6.49. The fourth-order valence-electron chi connectivity index (χ4n) is 1.47. The van der Waals surface area contributed by atoms with Gasteiger partial charge in [0.1, 0.15) is 5.01 Å².